The van der Waals surface area contributed by atoms with Gasteiger partial charge in [0, 0.05) is 23.9 Å². The van der Waals surface area contributed by atoms with Crippen LogP contribution in [-0.4, -0.2) is 22.8 Å². The van der Waals surface area contributed by atoms with Crippen LogP contribution in [0.2, 0.25) is 0 Å². The van der Waals surface area contributed by atoms with Crippen molar-refractivity contribution in [2.24, 2.45) is 0 Å². The van der Waals surface area contributed by atoms with Crippen LogP contribution in [0.15, 0.2) is 42.5 Å². The molecule has 1 N–H and O–H groups in total. The number of aromatic nitrogens is 2. The highest BCUT2D eigenvalue weighted by atomic mass is 16.5. The highest BCUT2D eigenvalue weighted by Crippen LogP contribution is 2.25. The molecule has 0 atom stereocenters. The van der Waals surface area contributed by atoms with Crippen molar-refractivity contribution in [1.82, 2.24) is 9.78 Å². The zero-order valence-corrected chi connectivity index (χ0v) is 17.3. The number of nitrogens with one attached hydrogen (secondary N) is 1. The molecule has 3 aromatic rings. The molecular formula is C24H27N3O2. The second-order valence-electron chi connectivity index (χ2n) is 7.65. The minimum Gasteiger partial charge on any atom is -0.497 e. The van der Waals surface area contributed by atoms with Gasteiger partial charge in [0.05, 0.1) is 18.5 Å². The van der Waals surface area contributed by atoms with Crippen molar-refractivity contribution in [1.29, 1.82) is 0 Å². The number of methoxy groups -OCH3 is 1. The summed E-state index contributed by atoms with van der Waals surface area (Å²) in [5.41, 5.74) is 7.77. The van der Waals surface area contributed by atoms with Crippen molar-refractivity contribution < 1.29 is 9.53 Å². The molecular weight excluding hydrogens is 362 g/mol. The zero-order valence-electron chi connectivity index (χ0n) is 17.3. The lowest BCUT2D eigenvalue weighted by atomic mass is 10.1. The third-order valence-electron chi connectivity index (χ3n) is 5.72. The molecule has 0 saturated heterocycles. The summed E-state index contributed by atoms with van der Waals surface area (Å²) in [5, 5.41) is 7.74. The van der Waals surface area contributed by atoms with Crippen molar-refractivity contribution >= 4 is 11.6 Å². The Morgan fingerprint density at radius 1 is 1.14 bits per heavy atom. The van der Waals surface area contributed by atoms with Crippen LogP contribution in [0.4, 0.5) is 5.69 Å². The van der Waals surface area contributed by atoms with Gasteiger partial charge in [-0.3, -0.25) is 4.79 Å². The van der Waals surface area contributed by atoms with Gasteiger partial charge in [0.2, 0.25) is 5.91 Å². The summed E-state index contributed by atoms with van der Waals surface area (Å²) in [4.78, 5) is 12.5. The lowest BCUT2D eigenvalue weighted by Gasteiger charge is -2.09. The number of rotatable bonds is 6. The van der Waals surface area contributed by atoms with E-state index in [0.717, 1.165) is 46.9 Å². The van der Waals surface area contributed by atoms with Gasteiger partial charge in [0.1, 0.15) is 5.75 Å². The molecule has 1 aliphatic rings. The first-order valence-corrected chi connectivity index (χ1v) is 10.2. The Balaban J connectivity index is 1.44. The smallest absolute Gasteiger partial charge is 0.224 e. The second kappa shape index (κ2) is 8.11. The lowest BCUT2D eigenvalue weighted by molar-refractivity contribution is -0.116. The Kier molecular flexibility index (Phi) is 5.38. The first kappa shape index (κ1) is 19.2. The molecule has 4 rings (SSSR count). The van der Waals surface area contributed by atoms with Gasteiger partial charge in [0.15, 0.2) is 0 Å². The third kappa shape index (κ3) is 4.04. The molecule has 2 aromatic carbocycles. The van der Waals surface area contributed by atoms with Crippen molar-refractivity contribution in [2.75, 3.05) is 12.4 Å². The number of aryl methyl sites for hydroxylation is 3. The van der Waals surface area contributed by atoms with E-state index in [-0.39, 0.29) is 5.91 Å². The molecule has 1 aromatic heterocycles. The molecule has 29 heavy (non-hydrogen) atoms. The largest absolute Gasteiger partial charge is 0.497 e. The number of anilines is 1. The number of fused-ring (bicyclic) bond motifs is 1. The number of carbonyl (C=O) groups is 1. The summed E-state index contributed by atoms with van der Waals surface area (Å²) in [7, 11) is 1.66. The first-order valence-electron chi connectivity index (χ1n) is 10.2. The fourth-order valence-electron chi connectivity index (χ4n) is 4.14. The van der Waals surface area contributed by atoms with Crippen molar-refractivity contribution in [3.8, 4) is 11.4 Å². The highest BCUT2D eigenvalue weighted by molar-refractivity contribution is 5.91. The first-order chi connectivity index (χ1) is 14.0. The van der Waals surface area contributed by atoms with Crippen LogP contribution in [0.1, 0.15) is 40.9 Å². The summed E-state index contributed by atoms with van der Waals surface area (Å²) in [6.07, 6.45) is 4.57. The van der Waals surface area contributed by atoms with Crippen molar-refractivity contribution in [3.05, 3.63) is 70.5 Å². The fraction of sp³-hybridized carbons (Fsp3) is 0.333. The van der Waals surface area contributed by atoms with Gasteiger partial charge in [-0.2, -0.15) is 5.10 Å². The maximum absolute atomic E-state index is 12.5. The van der Waals surface area contributed by atoms with Gasteiger partial charge in [-0.05, 0) is 80.5 Å². The Labute approximate surface area is 171 Å². The molecule has 1 aliphatic carbocycles. The Hall–Kier alpha value is -3.08. The van der Waals surface area contributed by atoms with Gasteiger partial charge >= 0.3 is 0 Å². The molecule has 150 valence electrons. The van der Waals surface area contributed by atoms with E-state index in [1.165, 1.54) is 17.5 Å². The molecule has 0 radical (unpaired) electrons. The number of amides is 1. The molecule has 0 unspecified atom stereocenters. The summed E-state index contributed by atoms with van der Waals surface area (Å²) in [5.74, 6) is 0.834. The van der Waals surface area contributed by atoms with Crippen LogP contribution in [-0.2, 0) is 24.1 Å². The van der Waals surface area contributed by atoms with Crippen molar-refractivity contribution in [3.63, 3.8) is 0 Å². The molecule has 0 spiro atoms. The van der Waals surface area contributed by atoms with Crippen LogP contribution in [0.25, 0.3) is 5.69 Å². The summed E-state index contributed by atoms with van der Waals surface area (Å²) in [6, 6.07) is 14.1. The van der Waals surface area contributed by atoms with Crippen LogP contribution >= 0.6 is 0 Å². The maximum Gasteiger partial charge on any atom is 0.224 e. The molecule has 1 heterocycles. The molecule has 0 bridgehead atoms. The van der Waals surface area contributed by atoms with Gasteiger partial charge in [-0.25, -0.2) is 4.68 Å². The van der Waals surface area contributed by atoms with Gasteiger partial charge < -0.3 is 10.1 Å². The molecule has 0 aliphatic heterocycles. The topological polar surface area (TPSA) is 56.2 Å². The van der Waals surface area contributed by atoms with Gasteiger partial charge in [0.25, 0.3) is 0 Å². The zero-order chi connectivity index (χ0) is 20.4. The number of carbonyl (C=O) groups excluding carboxylic acids is 1. The van der Waals surface area contributed by atoms with E-state index in [1.54, 1.807) is 7.11 Å². The van der Waals surface area contributed by atoms with E-state index < -0.39 is 0 Å². The van der Waals surface area contributed by atoms with E-state index in [1.807, 2.05) is 48.9 Å². The lowest BCUT2D eigenvalue weighted by Crippen LogP contribution is -2.13. The Bertz CT molecular complexity index is 1050. The van der Waals surface area contributed by atoms with Crippen LogP contribution in [0, 0.1) is 13.8 Å². The molecule has 5 nitrogen and oxygen atoms in total. The second-order valence-corrected chi connectivity index (χ2v) is 7.65. The fourth-order valence-corrected chi connectivity index (χ4v) is 4.14. The van der Waals surface area contributed by atoms with Crippen LogP contribution in [0.3, 0.4) is 0 Å². The van der Waals surface area contributed by atoms with E-state index in [9.17, 15) is 4.79 Å². The number of ether oxygens (including phenoxy) is 1. The Morgan fingerprint density at radius 3 is 2.79 bits per heavy atom. The number of benzene rings is 2. The number of hydrogen-bond acceptors (Lipinski definition) is 3. The standard InChI is InChI=1S/C24H27N3O2/c1-16-23(17(2)27(26-16)21-8-5-9-22(15-21)29-3)12-13-24(28)25-20-11-10-18-6-4-7-19(18)14-20/h5,8-11,14-15H,4,6-7,12-13H2,1-3H3,(H,25,28). The monoisotopic (exact) mass is 389 g/mol. The maximum atomic E-state index is 12.5. The average molecular weight is 389 g/mol. The number of nitrogens with zero attached hydrogens (tertiary/aromatic N) is 2. The van der Waals surface area contributed by atoms with E-state index >= 15 is 0 Å². The number of hydrogen-bond donors (Lipinski definition) is 1. The summed E-state index contributed by atoms with van der Waals surface area (Å²) in [6.45, 7) is 4.05. The molecule has 5 heteroatoms. The SMILES string of the molecule is COc1cccc(-n2nc(C)c(CCC(=O)Nc3ccc4c(c3)CCC4)c2C)c1. The normalized spacial score (nSPS) is 12.7. The minimum atomic E-state index is 0.0378. The van der Waals surface area contributed by atoms with Crippen molar-refractivity contribution in [2.45, 2.75) is 46.0 Å². The Morgan fingerprint density at radius 2 is 1.97 bits per heavy atom. The van der Waals surface area contributed by atoms with Crippen LogP contribution < -0.4 is 10.1 Å². The van der Waals surface area contributed by atoms with Crippen LogP contribution in [0.5, 0.6) is 5.75 Å². The summed E-state index contributed by atoms with van der Waals surface area (Å²) >= 11 is 0. The summed E-state index contributed by atoms with van der Waals surface area (Å²) < 4.78 is 7.24. The molecule has 0 saturated carbocycles. The molecule has 0 fully saturated rings. The minimum absolute atomic E-state index is 0.0378. The van der Waals surface area contributed by atoms with E-state index in [0.29, 0.717) is 12.8 Å². The average Bonchev–Trinajstić information content (AvgIpc) is 3.30. The van der Waals surface area contributed by atoms with Gasteiger partial charge in [-0.1, -0.05) is 12.1 Å². The quantitative estimate of drug-likeness (QED) is 0.672. The third-order valence-corrected chi connectivity index (χ3v) is 5.72. The van der Waals surface area contributed by atoms with E-state index in [2.05, 4.69) is 22.5 Å². The van der Waals surface area contributed by atoms with Gasteiger partial charge in [-0.15, -0.1) is 0 Å². The van der Waals surface area contributed by atoms with E-state index in [4.69, 9.17) is 4.74 Å². The highest BCUT2D eigenvalue weighted by Gasteiger charge is 2.16. The molecule has 1 amide bonds. The predicted molar refractivity (Wildman–Crippen MR) is 115 cm³/mol. The predicted octanol–water partition coefficient (Wildman–Crippen LogP) is 4.56.